The van der Waals surface area contributed by atoms with Crippen molar-refractivity contribution in [3.05, 3.63) is 30.1 Å². The smallest absolute Gasteiger partial charge is 0.0312 e. The third-order valence-electron chi connectivity index (χ3n) is 2.86. The molecule has 1 aromatic heterocycles. The van der Waals surface area contributed by atoms with Crippen molar-refractivity contribution in [2.24, 2.45) is 0 Å². The molecule has 3 heteroatoms. The second-order valence-electron chi connectivity index (χ2n) is 4.25. The van der Waals surface area contributed by atoms with Crippen molar-refractivity contribution in [2.45, 2.75) is 25.4 Å². The highest BCUT2D eigenvalue weighted by atomic mass is 15.2. The molecular weight excluding hydrogens is 186 g/mol. The molecule has 1 saturated carbocycles. The van der Waals surface area contributed by atoms with Crippen molar-refractivity contribution in [1.82, 2.24) is 15.2 Å². The second kappa shape index (κ2) is 5.24. The molecule has 0 aliphatic heterocycles. The molecule has 1 aromatic rings. The van der Waals surface area contributed by atoms with Gasteiger partial charge in [-0.2, -0.15) is 0 Å². The van der Waals surface area contributed by atoms with Gasteiger partial charge >= 0.3 is 0 Å². The summed E-state index contributed by atoms with van der Waals surface area (Å²) in [4.78, 5) is 6.53. The minimum absolute atomic E-state index is 0.866. The SMILES string of the molecule is CN(CCNCc1cccnc1)C1CC1. The Balaban J connectivity index is 1.58. The molecule has 2 rings (SSSR count). The first-order valence-electron chi connectivity index (χ1n) is 5.66. The molecule has 0 saturated heterocycles. The number of nitrogens with zero attached hydrogens (tertiary/aromatic N) is 2. The number of aromatic nitrogens is 1. The zero-order valence-corrected chi connectivity index (χ0v) is 9.32. The number of likely N-dealkylation sites (N-methyl/N-ethyl adjacent to an activating group) is 1. The molecule has 82 valence electrons. The van der Waals surface area contributed by atoms with Crippen molar-refractivity contribution in [2.75, 3.05) is 20.1 Å². The maximum Gasteiger partial charge on any atom is 0.0312 e. The fourth-order valence-corrected chi connectivity index (χ4v) is 1.69. The van der Waals surface area contributed by atoms with Gasteiger partial charge in [-0.3, -0.25) is 4.98 Å². The minimum atomic E-state index is 0.866. The average Bonchev–Trinajstić information content (AvgIpc) is 3.09. The third kappa shape index (κ3) is 3.61. The number of hydrogen-bond donors (Lipinski definition) is 1. The van der Waals surface area contributed by atoms with Crippen LogP contribution in [0.5, 0.6) is 0 Å². The van der Waals surface area contributed by atoms with E-state index in [1.807, 2.05) is 18.5 Å². The van der Waals surface area contributed by atoms with Crippen LogP contribution in [-0.2, 0) is 6.54 Å². The topological polar surface area (TPSA) is 28.2 Å². The molecule has 1 aliphatic rings. The van der Waals surface area contributed by atoms with Crippen molar-refractivity contribution in [3.63, 3.8) is 0 Å². The van der Waals surface area contributed by atoms with Gasteiger partial charge < -0.3 is 10.2 Å². The summed E-state index contributed by atoms with van der Waals surface area (Å²) in [7, 11) is 2.21. The molecule has 0 radical (unpaired) electrons. The van der Waals surface area contributed by atoms with Crippen LogP contribution < -0.4 is 5.32 Å². The Morgan fingerprint density at radius 3 is 3.07 bits per heavy atom. The van der Waals surface area contributed by atoms with Crippen molar-refractivity contribution in [1.29, 1.82) is 0 Å². The Labute approximate surface area is 91.5 Å². The van der Waals surface area contributed by atoms with Crippen LogP contribution in [-0.4, -0.2) is 36.1 Å². The quantitative estimate of drug-likeness (QED) is 0.709. The summed E-state index contributed by atoms with van der Waals surface area (Å²) >= 11 is 0. The lowest BCUT2D eigenvalue weighted by molar-refractivity contribution is 0.321. The van der Waals surface area contributed by atoms with Gasteiger partial charge in [-0.1, -0.05) is 6.07 Å². The van der Waals surface area contributed by atoms with Crippen LogP contribution >= 0.6 is 0 Å². The maximum atomic E-state index is 4.09. The fourth-order valence-electron chi connectivity index (χ4n) is 1.69. The molecule has 1 aliphatic carbocycles. The summed E-state index contributed by atoms with van der Waals surface area (Å²) < 4.78 is 0. The summed E-state index contributed by atoms with van der Waals surface area (Å²) in [5, 5.41) is 3.43. The van der Waals surface area contributed by atoms with Gasteiger partial charge in [-0.15, -0.1) is 0 Å². The Morgan fingerprint density at radius 1 is 1.53 bits per heavy atom. The molecule has 0 aromatic carbocycles. The summed E-state index contributed by atoms with van der Waals surface area (Å²) in [6, 6.07) is 4.95. The number of nitrogens with one attached hydrogen (secondary N) is 1. The van der Waals surface area contributed by atoms with Gasteiger partial charge in [-0.25, -0.2) is 0 Å². The van der Waals surface area contributed by atoms with Gasteiger partial charge in [-0.05, 0) is 31.5 Å². The van der Waals surface area contributed by atoms with Crippen LogP contribution in [0.2, 0.25) is 0 Å². The summed E-state index contributed by atoms with van der Waals surface area (Å²) in [5.74, 6) is 0. The molecule has 3 nitrogen and oxygen atoms in total. The van der Waals surface area contributed by atoms with E-state index in [0.29, 0.717) is 0 Å². The average molecular weight is 205 g/mol. The Kier molecular flexibility index (Phi) is 3.69. The van der Waals surface area contributed by atoms with Gasteiger partial charge in [0.25, 0.3) is 0 Å². The van der Waals surface area contributed by atoms with E-state index in [4.69, 9.17) is 0 Å². The molecule has 1 heterocycles. The lowest BCUT2D eigenvalue weighted by atomic mass is 10.3. The minimum Gasteiger partial charge on any atom is -0.311 e. The largest absolute Gasteiger partial charge is 0.311 e. The van der Waals surface area contributed by atoms with Gasteiger partial charge in [0.1, 0.15) is 0 Å². The van der Waals surface area contributed by atoms with Crippen LogP contribution in [0.25, 0.3) is 0 Å². The number of hydrogen-bond acceptors (Lipinski definition) is 3. The molecule has 0 bridgehead atoms. The first-order valence-corrected chi connectivity index (χ1v) is 5.66. The molecular formula is C12H19N3. The van der Waals surface area contributed by atoms with E-state index in [0.717, 1.165) is 25.7 Å². The zero-order chi connectivity index (χ0) is 10.5. The molecule has 0 amide bonds. The van der Waals surface area contributed by atoms with Crippen LogP contribution in [0.1, 0.15) is 18.4 Å². The lowest BCUT2D eigenvalue weighted by Gasteiger charge is -2.15. The highest BCUT2D eigenvalue weighted by molar-refractivity contribution is 5.07. The summed E-state index contributed by atoms with van der Waals surface area (Å²) in [5.41, 5.74) is 1.26. The van der Waals surface area contributed by atoms with Crippen molar-refractivity contribution in [3.8, 4) is 0 Å². The lowest BCUT2D eigenvalue weighted by Crippen LogP contribution is -2.30. The molecule has 0 atom stereocenters. The third-order valence-corrected chi connectivity index (χ3v) is 2.86. The Hall–Kier alpha value is -0.930. The monoisotopic (exact) mass is 205 g/mol. The molecule has 1 N–H and O–H groups in total. The van der Waals surface area contributed by atoms with Gasteiger partial charge in [0.2, 0.25) is 0 Å². The molecule has 1 fully saturated rings. The van der Waals surface area contributed by atoms with E-state index >= 15 is 0 Å². The van der Waals surface area contributed by atoms with Gasteiger partial charge in [0.05, 0.1) is 0 Å². The first-order chi connectivity index (χ1) is 7.36. The highest BCUT2D eigenvalue weighted by Gasteiger charge is 2.25. The maximum absolute atomic E-state index is 4.09. The summed E-state index contributed by atoms with van der Waals surface area (Å²) in [6.45, 7) is 3.12. The van der Waals surface area contributed by atoms with Crippen LogP contribution in [0.4, 0.5) is 0 Å². The zero-order valence-electron chi connectivity index (χ0n) is 9.32. The normalized spacial score (nSPS) is 15.9. The molecule has 0 spiro atoms. The predicted molar refractivity (Wildman–Crippen MR) is 61.6 cm³/mol. The first kappa shape index (κ1) is 10.6. The predicted octanol–water partition coefficient (Wildman–Crippen LogP) is 1.27. The van der Waals surface area contributed by atoms with Crippen LogP contribution in [0.3, 0.4) is 0 Å². The summed E-state index contributed by atoms with van der Waals surface area (Å²) in [6.07, 6.45) is 6.50. The van der Waals surface area contributed by atoms with Crippen LogP contribution in [0.15, 0.2) is 24.5 Å². The van der Waals surface area contributed by atoms with E-state index in [1.54, 1.807) is 0 Å². The standard InChI is InChI=1S/C12H19N3/c1-15(12-4-5-12)8-7-14-10-11-3-2-6-13-9-11/h2-3,6,9,12,14H,4-5,7-8,10H2,1H3. The second-order valence-corrected chi connectivity index (χ2v) is 4.25. The van der Waals surface area contributed by atoms with Crippen LogP contribution in [0, 0.1) is 0 Å². The van der Waals surface area contributed by atoms with Gasteiger partial charge in [0, 0.05) is 38.1 Å². The van der Waals surface area contributed by atoms with E-state index in [1.165, 1.54) is 18.4 Å². The van der Waals surface area contributed by atoms with E-state index in [2.05, 4.69) is 28.3 Å². The molecule has 0 unspecified atom stereocenters. The highest BCUT2D eigenvalue weighted by Crippen LogP contribution is 2.24. The Morgan fingerprint density at radius 2 is 2.40 bits per heavy atom. The van der Waals surface area contributed by atoms with E-state index in [9.17, 15) is 0 Å². The van der Waals surface area contributed by atoms with E-state index < -0.39 is 0 Å². The van der Waals surface area contributed by atoms with E-state index in [-0.39, 0.29) is 0 Å². The van der Waals surface area contributed by atoms with Gasteiger partial charge in [0.15, 0.2) is 0 Å². The molecule has 15 heavy (non-hydrogen) atoms. The van der Waals surface area contributed by atoms with Crippen molar-refractivity contribution < 1.29 is 0 Å². The fraction of sp³-hybridized carbons (Fsp3) is 0.583. The number of rotatable bonds is 6. The number of pyridine rings is 1. The van der Waals surface area contributed by atoms with Crippen molar-refractivity contribution >= 4 is 0 Å². The Bertz CT molecular complexity index is 282.